The van der Waals surface area contributed by atoms with Gasteiger partial charge in [0.25, 0.3) is 0 Å². The molecule has 0 aromatic heterocycles. The maximum atomic E-state index is 12.4. The summed E-state index contributed by atoms with van der Waals surface area (Å²) in [6.07, 6.45) is 2.54. The van der Waals surface area contributed by atoms with Crippen LogP contribution in [0.2, 0.25) is 0 Å². The summed E-state index contributed by atoms with van der Waals surface area (Å²) in [6.45, 7) is 4.62. The predicted octanol–water partition coefficient (Wildman–Crippen LogP) is 1.94. The van der Waals surface area contributed by atoms with E-state index in [-0.39, 0.29) is 36.4 Å². The highest BCUT2D eigenvalue weighted by Crippen LogP contribution is 2.17. The van der Waals surface area contributed by atoms with Crippen molar-refractivity contribution in [1.82, 2.24) is 10.2 Å². The molecule has 3 rings (SSSR count). The van der Waals surface area contributed by atoms with Crippen molar-refractivity contribution in [2.75, 3.05) is 25.0 Å². The summed E-state index contributed by atoms with van der Waals surface area (Å²) in [6, 6.07) is 7.36. The molecule has 2 aliphatic heterocycles. The highest BCUT2D eigenvalue weighted by molar-refractivity contribution is 5.95. The van der Waals surface area contributed by atoms with Crippen LogP contribution >= 0.6 is 12.4 Å². The van der Waals surface area contributed by atoms with Crippen LogP contribution in [0.1, 0.15) is 31.7 Å². The van der Waals surface area contributed by atoms with Gasteiger partial charge in [-0.15, -0.1) is 12.4 Å². The monoisotopic (exact) mass is 367 g/mol. The van der Waals surface area contributed by atoms with Gasteiger partial charge in [0.15, 0.2) is 0 Å². The number of hydrogen-bond acceptors (Lipinski definition) is 4. The molecule has 2 saturated heterocycles. The molecule has 2 heterocycles. The van der Waals surface area contributed by atoms with Gasteiger partial charge in [-0.25, -0.2) is 0 Å². The van der Waals surface area contributed by atoms with Crippen LogP contribution in [0.25, 0.3) is 0 Å². The van der Waals surface area contributed by atoms with Crippen molar-refractivity contribution in [1.29, 1.82) is 0 Å². The second kappa shape index (κ2) is 9.17. The number of benzene rings is 1. The van der Waals surface area contributed by atoms with E-state index in [1.54, 1.807) is 0 Å². The van der Waals surface area contributed by atoms with Crippen molar-refractivity contribution in [2.45, 2.75) is 44.9 Å². The first-order valence-electron chi connectivity index (χ1n) is 8.66. The van der Waals surface area contributed by atoms with Gasteiger partial charge >= 0.3 is 0 Å². The molecule has 0 radical (unpaired) electrons. The summed E-state index contributed by atoms with van der Waals surface area (Å²) in [5.74, 6) is 0.126. The van der Waals surface area contributed by atoms with Crippen LogP contribution in [0, 0.1) is 0 Å². The number of morpholine rings is 1. The van der Waals surface area contributed by atoms with E-state index in [9.17, 15) is 9.59 Å². The van der Waals surface area contributed by atoms with Crippen molar-refractivity contribution < 1.29 is 14.3 Å². The fourth-order valence-electron chi connectivity index (χ4n) is 3.24. The zero-order valence-corrected chi connectivity index (χ0v) is 15.3. The SMILES string of the molecule is C[C@H]1OCCN[C@@H]1C(=O)Nc1cccc(CN2CCCCC2=O)c1.Cl. The molecule has 0 saturated carbocycles. The molecule has 0 unspecified atom stereocenters. The number of piperidine rings is 1. The molecule has 0 aliphatic carbocycles. The molecule has 1 aromatic carbocycles. The van der Waals surface area contributed by atoms with Crippen molar-refractivity contribution in [2.24, 2.45) is 0 Å². The van der Waals surface area contributed by atoms with Gasteiger partial charge in [0.05, 0.1) is 12.7 Å². The number of carbonyl (C=O) groups excluding carboxylic acids is 2. The first-order valence-corrected chi connectivity index (χ1v) is 8.66. The Balaban J connectivity index is 0.00000225. The second-order valence-electron chi connectivity index (χ2n) is 6.47. The standard InChI is InChI=1S/C18H25N3O3.ClH/c1-13-17(19-8-10-24-13)18(23)20-15-6-4-5-14(11-15)12-21-9-3-2-7-16(21)22;/h4-6,11,13,17,19H,2-3,7-10,12H2,1H3,(H,20,23);1H/t13-,17+;/m1./s1. The Morgan fingerprint density at radius 3 is 3.00 bits per heavy atom. The molecule has 2 amide bonds. The van der Waals surface area contributed by atoms with Crippen molar-refractivity contribution in [3.05, 3.63) is 29.8 Å². The minimum absolute atomic E-state index is 0. The van der Waals surface area contributed by atoms with Crippen molar-refractivity contribution in [3.63, 3.8) is 0 Å². The highest BCUT2D eigenvalue weighted by atomic mass is 35.5. The largest absolute Gasteiger partial charge is 0.375 e. The summed E-state index contributed by atoms with van der Waals surface area (Å²) in [7, 11) is 0. The van der Waals surface area contributed by atoms with Gasteiger partial charge < -0.3 is 20.3 Å². The Hall–Kier alpha value is -1.63. The molecule has 138 valence electrons. The molecule has 25 heavy (non-hydrogen) atoms. The molecule has 0 bridgehead atoms. The van der Waals surface area contributed by atoms with Gasteiger partial charge in [-0.05, 0) is 37.5 Å². The number of carbonyl (C=O) groups is 2. The Labute approximate surface area is 154 Å². The summed E-state index contributed by atoms with van der Waals surface area (Å²) in [5, 5.41) is 6.13. The van der Waals surface area contributed by atoms with E-state index < -0.39 is 0 Å². The van der Waals surface area contributed by atoms with E-state index in [0.717, 1.165) is 30.6 Å². The molecule has 2 N–H and O–H groups in total. The van der Waals surface area contributed by atoms with Gasteiger partial charge in [-0.2, -0.15) is 0 Å². The fourth-order valence-corrected chi connectivity index (χ4v) is 3.24. The second-order valence-corrected chi connectivity index (χ2v) is 6.47. The summed E-state index contributed by atoms with van der Waals surface area (Å²) in [4.78, 5) is 26.2. The summed E-state index contributed by atoms with van der Waals surface area (Å²) >= 11 is 0. The molecule has 6 nitrogen and oxygen atoms in total. The molecular formula is C18H26ClN3O3. The van der Waals surface area contributed by atoms with Crippen LogP contribution in [0.15, 0.2) is 24.3 Å². The minimum Gasteiger partial charge on any atom is -0.375 e. The van der Waals surface area contributed by atoms with E-state index in [1.165, 1.54) is 0 Å². The summed E-state index contributed by atoms with van der Waals surface area (Å²) < 4.78 is 5.52. The first kappa shape index (κ1) is 19.7. The lowest BCUT2D eigenvalue weighted by atomic mass is 10.1. The lowest BCUT2D eigenvalue weighted by Gasteiger charge is -2.29. The topological polar surface area (TPSA) is 70.7 Å². The zero-order chi connectivity index (χ0) is 16.9. The average molecular weight is 368 g/mol. The normalized spacial score (nSPS) is 23.7. The van der Waals surface area contributed by atoms with E-state index in [2.05, 4.69) is 10.6 Å². The Bertz CT molecular complexity index is 611. The third-order valence-corrected chi connectivity index (χ3v) is 4.59. The molecule has 2 atom stereocenters. The average Bonchev–Trinajstić information content (AvgIpc) is 2.58. The third kappa shape index (κ3) is 5.17. The lowest BCUT2D eigenvalue weighted by Crippen LogP contribution is -2.53. The number of likely N-dealkylation sites (tertiary alicyclic amines) is 1. The Kier molecular flexibility index (Phi) is 7.23. The number of rotatable bonds is 4. The van der Waals surface area contributed by atoms with Gasteiger partial charge in [0, 0.05) is 31.7 Å². The van der Waals surface area contributed by atoms with Crippen LogP contribution in [-0.2, 0) is 20.9 Å². The third-order valence-electron chi connectivity index (χ3n) is 4.59. The molecule has 2 fully saturated rings. The van der Waals surface area contributed by atoms with Crippen LogP contribution in [0.5, 0.6) is 0 Å². The molecule has 2 aliphatic rings. The van der Waals surface area contributed by atoms with Crippen LogP contribution < -0.4 is 10.6 Å². The maximum Gasteiger partial charge on any atom is 0.244 e. The summed E-state index contributed by atoms with van der Waals surface area (Å²) in [5.41, 5.74) is 1.78. The number of nitrogens with one attached hydrogen (secondary N) is 2. The smallest absolute Gasteiger partial charge is 0.244 e. The van der Waals surface area contributed by atoms with Gasteiger partial charge in [-0.3, -0.25) is 9.59 Å². The van der Waals surface area contributed by atoms with Crippen LogP contribution in [0.4, 0.5) is 5.69 Å². The number of nitrogens with zero attached hydrogens (tertiary/aromatic N) is 1. The van der Waals surface area contributed by atoms with Crippen molar-refractivity contribution >= 4 is 29.9 Å². The molecule has 7 heteroatoms. The molecular weight excluding hydrogens is 342 g/mol. The lowest BCUT2D eigenvalue weighted by molar-refractivity contribution is -0.133. The number of amides is 2. The van der Waals surface area contributed by atoms with Crippen molar-refractivity contribution in [3.8, 4) is 0 Å². The zero-order valence-electron chi connectivity index (χ0n) is 14.5. The first-order chi connectivity index (χ1) is 11.6. The van der Waals surface area contributed by atoms with Gasteiger partial charge in [0.1, 0.15) is 6.04 Å². The Morgan fingerprint density at radius 1 is 1.40 bits per heavy atom. The minimum atomic E-state index is -0.342. The Morgan fingerprint density at radius 2 is 2.24 bits per heavy atom. The number of ether oxygens (including phenoxy) is 1. The van der Waals surface area contributed by atoms with Gasteiger partial charge in [0.2, 0.25) is 11.8 Å². The maximum absolute atomic E-state index is 12.4. The molecule has 1 aromatic rings. The van der Waals surface area contributed by atoms with Crippen LogP contribution in [-0.4, -0.2) is 48.6 Å². The predicted molar refractivity (Wildman–Crippen MR) is 98.8 cm³/mol. The number of hydrogen-bond donors (Lipinski definition) is 2. The number of anilines is 1. The quantitative estimate of drug-likeness (QED) is 0.853. The fraction of sp³-hybridized carbons (Fsp3) is 0.556. The van der Waals surface area contributed by atoms with E-state index in [1.807, 2.05) is 36.1 Å². The highest BCUT2D eigenvalue weighted by Gasteiger charge is 2.28. The van der Waals surface area contributed by atoms with E-state index in [0.29, 0.717) is 26.1 Å². The van der Waals surface area contributed by atoms with E-state index in [4.69, 9.17) is 4.74 Å². The molecule has 0 spiro atoms. The van der Waals surface area contributed by atoms with Gasteiger partial charge in [-0.1, -0.05) is 12.1 Å². The van der Waals surface area contributed by atoms with Crippen LogP contribution in [0.3, 0.4) is 0 Å². The van der Waals surface area contributed by atoms with E-state index >= 15 is 0 Å². The number of halogens is 1.